The number of rotatable bonds is 2. The van der Waals surface area contributed by atoms with Gasteiger partial charge in [0.25, 0.3) is 5.91 Å². The second-order valence-corrected chi connectivity index (χ2v) is 9.54. The fourth-order valence-electron chi connectivity index (χ4n) is 2.76. The third kappa shape index (κ3) is 3.26. The number of benzene rings is 1. The number of hydrogen-bond donors (Lipinski definition) is 0. The van der Waals surface area contributed by atoms with Gasteiger partial charge >= 0.3 is 0 Å². The Hall–Kier alpha value is -1.27. The number of para-hydroxylation sites is 1. The molecule has 1 amide bonds. The van der Waals surface area contributed by atoms with E-state index in [0.29, 0.717) is 20.9 Å². The molecule has 1 aromatic rings. The van der Waals surface area contributed by atoms with Crippen LogP contribution < -0.4 is 4.90 Å². The number of halogens is 2. The Morgan fingerprint density at radius 3 is 2.67 bits per heavy atom. The van der Waals surface area contributed by atoms with E-state index < -0.39 is 21.8 Å². The summed E-state index contributed by atoms with van der Waals surface area (Å²) in [4.78, 5) is 17.4. The number of nitriles is 1. The Bertz CT molecular complexity index is 859. The van der Waals surface area contributed by atoms with Crippen molar-refractivity contribution in [1.29, 1.82) is 5.26 Å². The number of thioether (sulfide) groups is 1. The highest BCUT2D eigenvalue weighted by Crippen LogP contribution is 2.45. The minimum atomic E-state index is -3.18. The van der Waals surface area contributed by atoms with E-state index in [1.54, 1.807) is 29.2 Å². The highest BCUT2D eigenvalue weighted by atomic mass is 35.5. The van der Waals surface area contributed by atoms with Crippen molar-refractivity contribution in [2.24, 2.45) is 4.99 Å². The summed E-state index contributed by atoms with van der Waals surface area (Å²) in [6, 6.07) is 6.31. The topological polar surface area (TPSA) is 90.6 Å². The van der Waals surface area contributed by atoms with E-state index in [9.17, 15) is 13.2 Å². The Balaban J connectivity index is 2.09. The van der Waals surface area contributed by atoms with E-state index in [2.05, 4.69) is 4.99 Å². The van der Waals surface area contributed by atoms with Crippen LogP contribution in [-0.2, 0) is 14.6 Å². The van der Waals surface area contributed by atoms with Crippen LogP contribution in [0.5, 0.6) is 0 Å². The number of carbonyl (C=O) groups excluding carboxylic acids is 1. The lowest BCUT2D eigenvalue weighted by atomic mass is 10.2. The molecule has 0 N–H and O–H groups in total. The van der Waals surface area contributed by atoms with Gasteiger partial charge in [-0.15, -0.1) is 0 Å². The van der Waals surface area contributed by atoms with Crippen LogP contribution >= 0.6 is 35.0 Å². The largest absolute Gasteiger partial charge is 0.313 e. The van der Waals surface area contributed by atoms with Gasteiger partial charge in [0.1, 0.15) is 6.42 Å². The van der Waals surface area contributed by atoms with Crippen LogP contribution in [0.2, 0.25) is 10.0 Å². The molecule has 2 atom stereocenters. The molecule has 0 aliphatic carbocycles. The zero-order valence-electron chi connectivity index (χ0n) is 12.1. The molecule has 2 aliphatic heterocycles. The molecule has 0 spiro atoms. The zero-order chi connectivity index (χ0) is 17.5. The van der Waals surface area contributed by atoms with Crippen molar-refractivity contribution in [3.63, 3.8) is 0 Å². The summed E-state index contributed by atoms with van der Waals surface area (Å²) in [5.41, 5.74) is 0.432. The number of nitrogens with zero attached hydrogens (tertiary/aromatic N) is 3. The lowest BCUT2D eigenvalue weighted by molar-refractivity contribution is -0.116. The Morgan fingerprint density at radius 1 is 1.38 bits per heavy atom. The zero-order valence-corrected chi connectivity index (χ0v) is 15.3. The Labute approximate surface area is 153 Å². The molecule has 0 radical (unpaired) electrons. The van der Waals surface area contributed by atoms with Crippen molar-refractivity contribution in [2.75, 3.05) is 16.4 Å². The van der Waals surface area contributed by atoms with E-state index in [-0.39, 0.29) is 23.2 Å². The van der Waals surface area contributed by atoms with Gasteiger partial charge in [-0.3, -0.25) is 4.79 Å². The maximum atomic E-state index is 12.0. The summed E-state index contributed by atoms with van der Waals surface area (Å²) in [5.74, 6) is -0.639. The van der Waals surface area contributed by atoms with Gasteiger partial charge in [0.2, 0.25) is 0 Å². The highest BCUT2D eigenvalue weighted by Gasteiger charge is 2.50. The van der Waals surface area contributed by atoms with Crippen molar-refractivity contribution in [1.82, 2.24) is 0 Å². The summed E-state index contributed by atoms with van der Waals surface area (Å²) in [7, 11) is -3.18. The quantitative estimate of drug-likeness (QED) is 0.753. The number of amidine groups is 1. The molecule has 24 heavy (non-hydrogen) atoms. The van der Waals surface area contributed by atoms with Gasteiger partial charge in [-0.2, -0.15) is 10.3 Å². The van der Waals surface area contributed by atoms with Crippen molar-refractivity contribution < 1.29 is 13.2 Å². The predicted molar refractivity (Wildman–Crippen MR) is 95.4 cm³/mol. The third-order valence-electron chi connectivity index (χ3n) is 3.70. The van der Waals surface area contributed by atoms with Gasteiger partial charge < -0.3 is 4.90 Å². The Morgan fingerprint density at radius 2 is 2.04 bits per heavy atom. The number of anilines is 1. The summed E-state index contributed by atoms with van der Waals surface area (Å²) >= 11 is 13.7. The van der Waals surface area contributed by atoms with E-state index in [4.69, 9.17) is 28.5 Å². The minimum Gasteiger partial charge on any atom is -0.313 e. The van der Waals surface area contributed by atoms with Crippen molar-refractivity contribution in [2.45, 2.75) is 17.7 Å². The third-order valence-corrected chi connectivity index (χ3v) is 7.52. The molecule has 6 nitrogen and oxygen atoms in total. The average Bonchev–Trinajstić information content (AvgIpc) is 2.92. The number of sulfone groups is 1. The number of hydrogen-bond acceptors (Lipinski definition) is 5. The van der Waals surface area contributed by atoms with Crippen molar-refractivity contribution in [3.05, 3.63) is 28.2 Å². The number of fused-ring (bicyclic) bond motifs is 1. The summed E-state index contributed by atoms with van der Waals surface area (Å²) < 4.78 is 23.9. The molecule has 0 unspecified atom stereocenters. The SMILES string of the molecule is N#CCC(=O)N=C1S[C@H]2CS(=O)(=O)C[C@H]2N1c1c(Cl)cccc1Cl. The molecule has 10 heteroatoms. The first-order valence-corrected chi connectivity index (χ1v) is 10.4. The van der Waals surface area contributed by atoms with Crippen LogP contribution in [0.3, 0.4) is 0 Å². The normalized spacial score (nSPS) is 26.4. The van der Waals surface area contributed by atoms with Crippen LogP contribution in [0.25, 0.3) is 0 Å². The first kappa shape index (κ1) is 17.5. The summed E-state index contributed by atoms with van der Waals surface area (Å²) in [6.45, 7) is 0. The van der Waals surface area contributed by atoms with Gasteiger partial charge in [-0.1, -0.05) is 41.0 Å². The first-order valence-electron chi connectivity index (χ1n) is 6.91. The Kier molecular flexibility index (Phi) is 4.80. The van der Waals surface area contributed by atoms with Gasteiger partial charge in [-0.05, 0) is 12.1 Å². The van der Waals surface area contributed by atoms with Crippen molar-refractivity contribution >= 4 is 61.6 Å². The summed E-state index contributed by atoms with van der Waals surface area (Å²) in [6.07, 6.45) is -0.345. The lowest BCUT2D eigenvalue weighted by Gasteiger charge is -2.26. The van der Waals surface area contributed by atoms with E-state index in [1.165, 1.54) is 11.8 Å². The van der Waals surface area contributed by atoms with Gasteiger partial charge in [0.15, 0.2) is 15.0 Å². The molecule has 0 aromatic heterocycles. The molecule has 0 bridgehead atoms. The lowest BCUT2D eigenvalue weighted by Crippen LogP contribution is -2.38. The van der Waals surface area contributed by atoms with Gasteiger partial charge in [0.05, 0.1) is 39.3 Å². The standard InChI is InChI=1S/C14H11Cl2N3O3S2/c15-8-2-1-3-9(16)13(8)19-10-6-24(21,22)7-11(10)23-14(19)18-12(20)4-5-17/h1-3,10-11H,4,6-7H2/t10-,11+/m1/s1. The second kappa shape index (κ2) is 6.56. The maximum absolute atomic E-state index is 12.0. The van der Waals surface area contributed by atoms with Crippen LogP contribution in [0, 0.1) is 11.3 Å². The first-order chi connectivity index (χ1) is 11.3. The molecule has 2 fully saturated rings. The molecule has 2 saturated heterocycles. The summed E-state index contributed by atoms with van der Waals surface area (Å²) in [5, 5.41) is 9.39. The van der Waals surface area contributed by atoms with E-state index in [0.717, 1.165) is 0 Å². The molecular formula is C14H11Cl2N3O3S2. The number of carbonyl (C=O) groups is 1. The molecular weight excluding hydrogens is 393 g/mol. The van der Waals surface area contributed by atoms with Crippen LogP contribution in [0.15, 0.2) is 23.2 Å². The van der Waals surface area contributed by atoms with Crippen LogP contribution in [0.4, 0.5) is 5.69 Å². The number of aliphatic imine (C=N–C) groups is 1. The molecule has 2 heterocycles. The predicted octanol–water partition coefficient (Wildman–Crippen LogP) is 2.51. The fraction of sp³-hybridized carbons (Fsp3) is 0.357. The molecule has 3 rings (SSSR count). The molecule has 0 saturated carbocycles. The minimum absolute atomic E-state index is 0.00631. The second-order valence-electron chi connectivity index (χ2n) is 5.36. The maximum Gasteiger partial charge on any atom is 0.262 e. The molecule has 1 aromatic carbocycles. The van der Waals surface area contributed by atoms with Gasteiger partial charge in [-0.25, -0.2) is 8.42 Å². The van der Waals surface area contributed by atoms with E-state index >= 15 is 0 Å². The monoisotopic (exact) mass is 403 g/mol. The smallest absolute Gasteiger partial charge is 0.262 e. The number of amides is 1. The van der Waals surface area contributed by atoms with Gasteiger partial charge in [0, 0.05) is 5.25 Å². The average molecular weight is 404 g/mol. The van der Waals surface area contributed by atoms with E-state index in [1.807, 2.05) is 0 Å². The highest BCUT2D eigenvalue weighted by molar-refractivity contribution is 8.16. The van der Waals surface area contributed by atoms with Crippen molar-refractivity contribution in [3.8, 4) is 6.07 Å². The fourth-order valence-corrected chi connectivity index (χ4v) is 7.26. The van der Waals surface area contributed by atoms with Crippen LogP contribution in [0.1, 0.15) is 6.42 Å². The molecule has 2 aliphatic rings. The van der Waals surface area contributed by atoms with Crippen LogP contribution in [-0.4, -0.2) is 42.3 Å². The molecule has 126 valence electrons.